The fourth-order valence-electron chi connectivity index (χ4n) is 2.67. The average molecular weight is 357 g/mol. The number of benzene rings is 1. The van der Waals surface area contributed by atoms with Gasteiger partial charge in [0.05, 0.1) is 11.0 Å². The molecule has 2 rings (SSSR count). The maximum atomic E-state index is 13.2. The first-order chi connectivity index (χ1) is 9.73. The fourth-order valence-corrected chi connectivity index (χ4v) is 3.09. The normalized spacial score (nSPS) is 22.1. The second-order valence-corrected chi connectivity index (χ2v) is 6.85. The van der Waals surface area contributed by atoms with Crippen molar-refractivity contribution in [1.29, 1.82) is 0 Å². The van der Waals surface area contributed by atoms with Crippen molar-refractivity contribution in [1.82, 2.24) is 10.2 Å². The van der Waals surface area contributed by atoms with Gasteiger partial charge < -0.3 is 5.32 Å². The highest BCUT2D eigenvalue weighted by Gasteiger charge is 2.47. The Kier molecular flexibility index (Phi) is 4.37. The third-order valence-electron chi connectivity index (χ3n) is 3.49. The number of rotatable bonds is 4. The number of nitrogens with one attached hydrogen (secondary N) is 1. The van der Waals surface area contributed by atoms with Crippen molar-refractivity contribution >= 4 is 27.9 Å². The molecule has 114 valence electrons. The van der Waals surface area contributed by atoms with Gasteiger partial charge in [-0.15, -0.1) is 0 Å². The van der Waals surface area contributed by atoms with Gasteiger partial charge in [0.25, 0.3) is 5.91 Å². The summed E-state index contributed by atoms with van der Waals surface area (Å²) in [7, 11) is 0. The Morgan fingerprint density at radius 1 is 1.38 bits per heavy atom. The Bertz CT molecular complexity index is 591. The van der Waals surface area contributed by atoms with Gasteiger partial charge in [-0.25, -0.2) is 9.18 Å². The van der Waals surface area contributed by atoms with Gasteiger partial charge >= 0.3 is 6.03 Å². The molecule has 4 nitrogen and oxygen atoms in total. The van der Waals surface area contributed by atoms with Crippen LogP contribution in [0.5, 0.6) is 0 Å². The van der Waals surface area contributed by atoms with Crippen molar-refractivity contribution in [2.24, 2.45) is 5.92 Å². The number of carbonyl (C=O) groups is 2. The van der Waals surface area contributed by atoms with Crippen molar-refractivity contribution in [2.45, 2.75) is 39.3 Å². The molecule has 1 unspecified atom stereocenters. The standard InChI is InChI=1S/C15H18BrFN2O2/c1-9(2)7-15(3)13(20)19(14(21)18-15)8-10-4-5-12(17)11(16)6-10/h4-6,9H,7-8H2,1-3H3,(H,18,21). The van der Waals surface area contributed by atoms with Gasteiger partial charge in [-0.05, 0) is 52.9 Å². The van der Waals surface area contributed by atoms with Crippen LogP contribution in [0.25, 0.3) is 0 Å². The van der Waals surface area contributed by atoms with Crippen molar-refractivity contribution < 1.29 is 14.0 Å². The molecule has 1 fully saturated rings. The fraction of sp³-hybridized carbons (Fsp3) is 0.467. The van der Waals surface area contributed by atoms with Gasteiger partial charge in [0.15, 0.2) is 0 Å². The largest absolute Gasteiger partial charge is 0.325 e. The average Bonchev–Trinajstić information content (AvgIpc) is 2.56. The maximum Gasteiger partial charge on any atom is 0.325 e. The lowest BCUT2D eigenvalue weighted by Crippen LogP contribution is -2.44. The summed E-state index contributed by atoms with van der Waals surface area (Å²) in [5.41, 5.74) is -0.164. The van der Waals surface area contributed by atoms with Crippen LogP contribution in [0.3, 0.4) is 0 Å². The van der Waals surface area contributed by atoms with E-state index in [-0.39, 0.29) is 18.3 Å². The summed E-state index contributed by atoms with van der Waals surface area (Å²) in [6, 6.07) is 4.06. The molecule has 3 amide bonds. The smallest absolute Gasteiger partial charge is 0.323 e. The molecule has 1 aliphatic heterocycles. The molecule has 1 saturated heterocycles. The first-order valence-corrected chi connectivity index (χ1v) is 7.60. The summed E-state index contributed by atoms with van der Waals surface area (Å²) < 4.78 is 13.5. The summed E-state index contributed by atoms with van der Waals surface area (Å²) >= 11 is 3.10. The van der Waals surface area contributed by atoms with Crippen molar-refractivity contribution in [3.8, 4) is 0 Å². The molecule has 1 aromatic rings. The Labute approximate surface area is 131 Å². The van der Waals surface area contributed by atoms with Gasteiger partial charge in [0, 0.05) is 0 Å². The number of urea groups is 1. The minimum atomic E-state index is -0.859. The van der Waals surface area contributed by atoms with Crippen molar-refractivity contribution in [3.05, 3.63) is 34.1 Å². The van der Waals surface area contributed by atoms with Crippen LogP contribution in [0.4, 0.5) is 9.18 Å². The zero-order valence-corrected chi connectivity index (χ0v) is 13.8. The predicted molar refractivity (Wildman–Crippen MR) is 81.0 cm³/mol. The summed E-state index contributed by atoms with van der Waals surface area (Å²) in [4.78, 5) is 25.7. The molecular formula is C15H18BrFN2O2. The lowest BCUT2D eigenvalue weighted by molar-refractivity contribution is -0.131. The Balaban J connectivity index is 2.19. The summed E-state index contributed by atoms with van der Waals surface area (Å²) in [5, 5.41) is 2.76. The van der Waals surface area contributed by atoms with Crippen LogP contribution in [-0.2, 0) is 11.3 Å². The molecule has 1 N–H and O–H groups in total. The molecule has 0 spiro atoms. The van der Waals surface area contributed by atoms with E-state index in [0.717, 1.165) is 0 Å². The number of halogens is 2. The van der Waals surface area contributed by atoms with Crippen LogP contribution in [0.2, 0.25) is 0 Å². The zero-order chi connectivity index (χ0) is 15.8. The highest BCUT2D eigenvalue weighted by molar-refractivity contribution is 9.10. The quantitative estimate of drug-likeness (QED) is 0.840. The minimum Gasteiger partial charge on any atom is -0.323 e. The molecule has 0 aliphatic carbocycles. The van der Waals surface area contributed by atoms with Crippen molar-refractivity contribution in [2.75, 3.05) is 0 Å². The van der Waals surface area contributed by atoms with E-state index in [2.05, 4.69) is 21.2 Å². The van der Waals surface area contributed by atoms with Crippen LogP contribution in [0.1, 0.15) is 32.8 Å². The number of hydrogen-bond acceptors (Lipinski definition) is 2. The monoisotopic (exact) mass is 356 g/mol. The molecular weight excluding hydrogens is 339 g/mol. The van der Waals surface area contributed by atoms with Crippen molar-refractivity contribution in [3.63, 3.8) is 0 Å². The lowest BCUT2D eigenvalue weighted by Gasteiger charge is -2.23. The number of amides is 3. The second kappa shape index (κ2) is 5.75. The highest BCUT2D eigenvalue weighted by Crippen LogP contribution is 2.27. The Morgan fingerprint density at radius 3 is 2.62 bits per heavy atom. The van der Waals surface area contributed by atoms with E-state index in [1.165, 1.54) is 11.0 Å². The molecule has 21 heavy (non-hydrogen) atoms. The molecule has 0 aromatic heterocycles. The first-order valence-electron chi connectivity index (χ1n) is 6.81. The number of imide groups is 1. The predicted octanol–water partition coefficient (Wildman–Crippen LogP) is 3.44. The molecule has 1 atom stereocenters. The van der Waals surface area contributed by atoms with Crippen LogP contribution in [-0.4, -0.2) is 22.4 Å². The minimum absolute atomic E-state index is 0.136. The molecule has 1 aliphatic rings. The van der Waals surface area contributed by atoms with Crippen LogP contribution >= 0.6 is 15.9 Å². The van der Waals surface area contributed by atoms with Gasteiger partial charge in [-0.3, -0.25) is 9.69 Å². The van der Waals surface area contributed by atoms with Crippen LogP contribution in [0, 0.1) is 11.7 Å². The van der Waals surface area contributed by atoms with E-state index in [0.29, 0.717) is 22.4 Å². The second-order valence-electron chi connectivity index (χ2n) is 6.00. The zero-order valence-electron chi connectivity index (χ0n) is 12.2. The van der Waals surface area contributed by atoms with E-state index < -0.39 is 11.6 Å². The van der Waals surface area contributed by atoms with E-state index in [4.69, 9.17) is 0 Å². The van der Waals surface area contributed by atoms with Gasteiger partial charge in [-0.1, -0.05) is 19.9 Å². The third kappa shape index (κ3) is 3.26. The molecule has 0 saturated carbocycles. The Hall–Kier alpha value is -1.43. The number of carbonyl (C=O) groups excluding carboxylic acids is 2. The van der Waals surface area contributed by atoms with E-state index in [1.54, 1.807) is 19.1 Å². The third-order valence-corrected chi connectivity index (χ3v) is 4.09. The molecule has 1 heterocycles. The molecule has 1 aromatic carbocycles. The molecule has 0 radical (unpaired) electrons. The van der Waals surface area contributed by atoms with Gasteiger partial charge in [-0.2, -0.15) is 0 Å². The SMILES string of the molecule is CC(C)CC1(C)NC(=O)N(Cc2ccc(F)c(Br)c2)C1=O. The van der Waals surface area contributed by atoms with Crippen LogP contribution < -0.4 is 5.32 Å². The first kappa shape index (κ1) is 15.9. The number of hydrogen-bond donors (Lipinski definition) is 1. The van der Waals surface area contributed by atoms with E-state index in [9.17, 15) is 14.0 Å². The van der Waals surface area contributed by atoms with Gasteiger partial charge in [0.1, 0.15) is 11.4 Å². The van der Waals surface area contributed by atoms with Gasteiger partial charge in [0.2, 0.25) is 0 Å². The molecule has 6 heteroatoms. The summed E-state index contributed by atoms with van der Waals surface area (Å²) in [6.45, 7) is 5.89. The molecule has 0 bridgehead atoms. The maximum absolute atomic E-state index is 13.2. The summed E-state index contributed by atoms with van der Waals surface area (Å²) in [6.07, 6.45) is 0.585. The van der Waals surface area contributed by atoms with E-state index >= 15 is 0 Å². The number of nitrogens with zero attached hydrogens (tertiary/aromatic N) is 1. The highest BCUT2D eigenvalue weighted by atomic mass is 79.9. The van der Waals surface area contributed by atoms with E-state index in [1.807, 2.05) is 13.8 Å². The van der Waals surface area contributed by atoms with Crippen LogP contribution in [0.15, 0.2) is 22.7 Å². The topological polar surface area (TPSA) is 49.4 Å². The Morgan fingerprint density at radius 2 is 2.05 bits per heavy atom. The lowest BCUT2D eigenvalue weighted by atomic mass is 9.91. The summed E-state index contributed by atoms with van der Waals surface area (Å²) in [5.74, 6) is -0.318.